The molecule has 0 aromatic rings. The van der Waals surface area contributed by atoms with Crippen molar-refractivity contribution < 1.29 is 0 Å². The predicted molar refractivity (Wildman–Crippen MR) is 63.8 cm³/mol. The summed E-state index contributed by atoms with van der Waals surface area (Å²) in [7, 11) is 0. The summed E-state index contributed by atoms with van der Waals surface area (Å²) in [4.78, 5) is 2.66. The molecule has 0 radical (unpaired) electrons. The number of thioether (sulfide) groups is 1. The summed E-state index contributed by atoms with van der Waals surface area (Å²) in [5.41, 5.74) is 0.668. The van der Waals surface area contributed by atoms with Gasteiger partial charge in [-0.2, -0.15) is 11.8 Å². The maximum Gasteiger partial charge on any atom is 0.0147 e. The van der Waals surface area contributed by atoms with Crippen LogP contribution in [0.2, 0.25) is 0 Å². The molecule has 1 unspecified atom stereocenters. The van der Waals surface area contributed by atoms with Crippen LogP contribution in [-0.4, -0.2) is 40.9 Å². The fourth-order valence-corrected chi connectivity index (χ4v) is 3.84. The van der Waals surface area contributed by atoms with Crippen LogP contribution in [0.3, 0.4) is 0 Å². The van der Waals surface area contributed by atoms with Gasteiger partial charge in [0.1, 0.15) is 0 Å². The first-order valence-corrected chi connectivity index (χ1v) is 7.31. The first-order valence-electron chi connectivity index (χ1n) is 5.14. The van der Waals surface area contributed by atoms with E-state index in [1.54, 1.807) is 0 Å². The molecule has 1 saturated carbocycles. The lowest BCUT2D eigenvalue weighted by molar-refractivity contribution is 0.240. The predicted octanol–water partition coefficient (Wildman–Crippen LogP) is 2.60. The third kappa shape index (κ3) is 2.63. The minimum Gasteiger partial charge on any atom is -0.301 e. The summed E-state index contributed by atoms with van der Waals surface area (Å²) in [5, 5.41) is 2.05. The average Bonchev–Trinajstić information content (AvgIpc) is 2.86. The van der Waals surface area contributed by atoms with Crippen molar-refractivity contribution in [2.45, 2.75) is 25.0 Å². The standard InChI is InChI=1S/C10H18BrNS/c1-9-6-12(4-5-13-9)8-10(7-11)2-3-10/h9H,2-8H2,1H3. The molecule has 0 bridgehead atoms. The van der Waals surface area contributed by atoms with Crippen molar-refractivity contribution in [3.63, 3.8) is 0 Å². The number of hydrogen-bond donors (Lipinski definition) is 0. The van der Waals surface area contributed by atoms with Crippen molar-refractivity contribution in [2.24, 2.45) is 5.41 Å². The van der Waals surface area contributed by atoms with E-state index in [4.69, 9.17) is 0 Å². The molecule has 2 fully saturated rings. The lowest BCUT2D eigenvalue weighted by atomic mass is 10.1. The van der Waals surface area contributed by atoms with Crippen LogP contribution in [0.15, 0.2) is 0 Å². The van der Waals surface area contributed by atoms with E-state index in [0.717, 1.165) is 5.25 Å². The first-order chi connectivity index (χ1) is 6.24. The zero-order valence-corrected chi connectivity index (χ0v) is 10.7. The molecule has 0 aromatic carbocycles. The van der Waals surface area contributed by atoms with Crippen LogP contribution in [0.4, 0.5) is 0 Å². The van der Waals surface area contributed by atoms with E-state index in [-0.39, 0.29) is 0 Å². The lowest BCUT2D eigenvalue weighted by Crippen LogP contribution is -2.40. The first kappa shape index (κ1) is 10.3. The highest BCUT2D eigenvalue weighted by Gasteiger charge is 2.43. The minimum atomic E-state index is 0.668. The Hall–Kier alpha value is 0.790. The highest BCUT2D eigenvalue weighted by atomic mass is 79.9. The Morgan fingerprint density at radius 1 is 1.54 bits per heavy atom. The molecule has 0 N–H and O–H groups in total. The van der Waals surface area contributed by atoms with Gasteiger partial charge in [-0.1, -0.05) is 22.9 Å². The third-order valence-electron chi connectivity index (χ3n) is 3.12. The molecule has 1 saturated heterocycles. The van der Waals surface area contributed by atoms with E-state index in [0.29, 0.717) is 5.41 Å². The van der Waals surface area contributed by atoms with Crippen LogP contribution in [0.25, 0.3) is 0 Å². The third-order valence-corrected chi connectivity index (χ3v) is 5.45. The van der Waals surface area contributed by atoms with Gasteiger partial charge in [-0.3, -0.25) is 0 Å². The molecule has 1 aliphatic heterocycles. The molecule has 13 heavy (non-hydrogen) atoms. The van der Waals surface area contributed by atoms with E-state index in [1.165, 1.54) is 43.6 Å². The molecule has 1 aliphatic carbocycles. The van der Waals surface area contributed by atoms with Crippen LogP contribution in [0.1, 0.15) is 19.8 Å². The quantitative estimate of drug-likeness (QED) is 0.721. The monoisotopic (exact) mass is 263 g/mol. The number of rotatable bonds is 3. The summed E-state index contributed by atoms with van der Waals surface area (Å²) in [6.07, 6.45) is 2.88. The van der Waals surface area contributed by atoms with Crippen molar-refractivity contribution in [2.75, 3.05) is 30.7 Å². The Bertz CT molecular complexity index is 182. The number of alkyl halides is 1. The van der Waals surface area contributed by atoms with E-state index in [2.05, 4.69) is 39.5 Å². The fraction of sp³-hybridized carbons (Fsp3) is 1.00. The van der Waals surface area contributed by atoms with Crippen LogP contribution < -0.4 is 0 Å². The summed E-state index contributed by atoms with van der Waals surface area (Å²) < 4.78 is 0. The van der Waals surface area contributed by atoms with Gasteiger partial charge in [-0.15, -0.1) is 0 Å². The van der Waals surface area contributed by atoms with Crippen LogP contribution in [-0.2, 0) is 0 Å². The number of halogens is 1. The largest absolute Gasteiger partial charge is 0.301 e. The molecule has 0 amide bonds. The second kappa shape index (κ2) is 4.11. The van der Waals surface area contributed by atoms with E-state index < -0.39 is 0 Å². The summed E-state index contributed by atoms with van der Waals surface area (Å²) in [6, 6.07) is 0. The zero-order chi connectivity index (χ0) is 9.31. The topological polar surface area (TPSA) is 3.24 Å². The van der Waals surface area contributed by atoms with E-state index >= 15 is 0 Å². The van der Waals surface area contributed by atoms with Gasteiger partial charge in [0.25, 0.3) is 0 Å². The molecular weight excluding hydrogens is 246 g/mol. The Morgan fingerprint density at radius 3 is 2.85 bits per heavy atom. The fourth-order valence-electron chi connectivity index (χ4n) is 2.02. The molecular formula is C10H18BrNS. The van der Waals surface area contributed by atoms with E-state index in [1.807, 2.05) is 0 Å². The summed E-state index contributed by atoms with van der Waals surface area (Å²) in [5.74, 6) is 1.33. The molecule has 0 spiro atoms. The molecule has 0 aromatic heterocycles. The molecule has 1 heterocycles. The molecule has 76 valence electrons. The minimum absolute atomic E-state index is 0.668. The second-order valence-corrected chi connectivity index (χ2v) is 6.66. The Labute approximate surface area is 93.8 Å². The number of hydrogen-bond acceptors (Lipinski definition) is 2. The normalized spacial score (nSPS) is 33.2. The van der Waals surface area contributed by atoms with Gasteiger partial charge in [0, 0.05) is 36.0 Å². The zero-order valence-electron chi connectivity index (χ0n) is 8.26. The number of nitrogens with zero attached hydrogens (tertiary/aromatic N) is 1. The lowest BCUT2D eigenvalue weighted by Gasteiger charge is -2.33. The van der Waals surface area contributed by atoms with E-state index in [9.17, 15) is 0 Å². The summed E-state index contributed by atoms with van der Waals surface area (Å²) >= 11 is 5.77. The second-order valence-electron chi connectivity index (χ2n) is 4.55. The van der Waals surface area contributed by atoms with Gasteiger partial charge in [-0.05, 0) is 18.3 Å². The molecule has 2 rings (SSSR count). The van der Waals surface area contributed by atoms with Crippen molar-refractivity contribution in [1.29, 1.82) is 0 Å². The Balaban J connectivity index is 1.80. The maximum atomic E-state index is 3.64. The van der Waals surface area contributed by atoms with Crippen LogP contribution in [0, 0.1) is 5.41 Å². The van der Waals surface area contributed by atoms with Gasteiger partial charge >= 0.3 is 0 Å². The van der Waals surface area contributed by atoms with Gasteiger partial charge in [0.2, 0.25) is 0 Å². The summed E-state index contributed by atoms with van der Waals surface area (Å²) in [6.45, 7) is 6.30. The Morgan fingerprint density at radius 2 is 2.31 bits per heavy atom. The van der Waals surface area contributed by atoms with Crippen molar-refractivity contribution in [1.82, 2.24) is 4.90 Å². The molecule has 3 heteroatoms. The Kier molecular flexibility index (Phi) is 3.26. The van der Waals surface area contributed by atoms with Crippen LogP contribution >= 0.6 is 27.7 Å². The van der Waals surface area contributed by atoms with Gasteiger partial charge in [0.15, 0.2) is 0 Å². The maximum absolute atomic E-state index is 3.64. The van der Waals surface area contributed by atoms with Crippen molar-refractivity contribution in [3.05, 3.63) is 0 Å². The smallest absolute Gasteiger partial charge is 0.0147 e. The van der Waals surface area contributed by atoms with Gasteiger partial charge in [-0.25, -0.2) is 0 Å². The van der Waals surface area contributed by atoms with Gasteiger partial charge in [0.05, 0.1) is 0 Å². The SMILES string of the molecule is CC1CN(CC2(CBr)CC2)CCS1. The van der Waals surface area contributed by atoms with Gasteiger partial charge < -0.3 is 4.90 Å². The van der Waals surface area contributed by atoms with Crippen LogP contribution in [0.5, 0.6) is 0 Å². The van der Waals surface area contributed by atoms with Crippen molar-refractivity contribution >= 4 is 27.7 Å². The van der Waals surface area contributed by atoms with Crippen molar-refractivity contribution in [3.8, 4) is 0 Å². The highest BCUT2D eigenvalue weighted by molar-refractivity contribution is 9.09. The average molecular weight is 264 g/mol. The molecule has 1 nitrogen and oxygen atoms in total. The molecule has 2 aliphatic rings. The molecule has 1 atom stereocenters. The highest BCUT2D eigenvalue weighted by Crippen LogP contribution is 2.47.